The maximum Gasteiger partial charge on any atom is 0.203 e. The highest BCUT2D eigenvalue weighted by atomic mass is 16.5. The summed E-state index contributed by atoms with van der Waals surface area (Å²) in [4.78, 5) is 0. The highest BCUT2D eigenvalue weighted by molar-refractivity contribution is 5.58. The lowest BCUT2D eigenvalue weighted by Gasteiger charge is -2.29. The van der Waals surface area contributed by atoms with Gasteiger partial charge in [-0.05, 0) is 48.2 Å². The average Bonchev–Trinajstić information content (AvgIpc) is 2.81. The lowest BCUT2D eigenvalue weighted by molar-refractivity contribution is 0.321. The summed E-state index contributed by atoms with van der Waals surface area (Å²) >= 11 is 0. The third kappa shape index (κ3) is 4.74. The van der Waals surface area contributed by atoms with Crippen molar-refractivity contribution in [1.82, 2.24) is 0 Å². The molecule has 0 aromatic heterocycles. The summed E-state index contributed by atoms with van der Waals surface area (Å²) in [5, 5.41) is 10.4. The molecule has 0 aliphatic carbocycles. The molecule has 0 spiro atoms. The van der Waals surface area contributed by atoms with E-state index in [0.717, 1.165) is 17.5 Å². The number of ether oxygens (including phenoxy) is 6. The van der Waals surface area contributed by atoms with Crippen molar-refractivity contribution in [3.8, 4) is 40.6 Å². The fraction of sp³-hybridized carbons (Fsp3) is 0.458. The molecule has 7 nitrogen and oxygen atoms in total. The van der Waals surface area contributed by atoms with Crippen LogP contribution in [0.15, 0.2) is 24.3 Å². The van der Waals surface area contributed by atoms with Crippen LogP contribution in [-0.4, -0.2) is 42.7 Å². The summed E-state index contributed by atoms with van der Waals surface area (Å²) in [7, 11) is 9.39. The van der Waals surface area contributed by atoms with Crippen LogP contribution in [0.4, 0.5) is 0 Å². The Morgan fingerprint density at radius 2 is 1.13 bits per heavy atom. The molecule has 7 heteroatoms. The van der Waals surface area contributed by atoms with Crippen LogP contribution in [0.1, 0.15) is 30.9 Å². The second kappa shape index (κ2) is 10.7. The van der Waals surface area contributed by atoms with Gasteiger partial charge in [-0.25, -0.2) is 0 Å². The molecular formula is C24H31NO6. The van der Waals surface area contributed by atoms with Gasteiger partial charge in [-0.15, -0.1) is 0 Å². The maximum absolute atomic E-state index is 10.4. The molecule has 31 heavy (non-hydrogen) atoms. The van der Waals surface area contributed by atoms with E-state index >= 15 is 0 Å². The molecule has 0 heterocycles. The topological polar surface area (TPSA) is 79.2 Å². The smallest absolute Gasteiger partial charge is 0.203 e. The molecule has 0 bridgehead atoms. The van der Waals surface area contributed by atoms with Gasteiger partial charge in [0, 0.05) is 0 Å². The number of methoxy groups -OCH3 is 6. The standard InChI is InChI=1S/C24H31NO6/c1-8-9-24(15-25,17-12-20(28-4)23(31-7)21(13-17)29-5)14-16-10-18(26-2)22(30-6)19(11-16)27-3/h10-13H,8-9,14H2,1-7H3. The first-order chi connectivity index (χ1) is 15.0. The summed E-state index contributed by atoms with van der Waals surface area (Å²) in [6, 6.07) is 10.0. The number of nitriles is 1. The Bertz CT molecular complexity index is 886. The third-order valence-corrected chi connectivity index (χ3v) is 5.34. The zero-order valence-corrected chi connectivity index (χ0v) is 19.3. The number of hydrogen-bond donors (Lipinski definition) is 0. The van der Waals surface area contributed by atoms with E-state index in [1.165, 1.54) is 0 Å². The zero-order chi connectivity index (χ0) is 23.0. The van der Waals surface area contributed by atoms with Gasteiger partial charge >= 0.3 is 0 Å². The van der Waals surface area contributed by atoms with E-state index in [9.17, 15) is 5.26 Å². The molecule has 2 rings (SSSR count). The number of rotatable bonds is 11. The fourth-order valence-corrected chi connectivity index (χ4v) is 3.86. The molecule has 2 aromatic rings. The van der Waals surface area contributed by atoms with Gasteiger partial charge in [0.2, 0.25) is 11.5 Å². The summed E-state index contributed by atoms with van der Waals surface area (Å²) in [5.41, 5.74) is 0.852. The van der Waals surface area contributed by atoms with Gasteiger partial charge in [-0.2, -0.15) is 5.26 Å². The van der Waals surface area contributed by atoms with E-state index in [4.69, 9.17) is 28.4 Å². The second-order valence-electron chi connectivity index (χ2n) is 7.07. The summed E-state index contributed by atoms with van der Waals surface area (Å²) in [6.07, 6.45) is 1.89. The largest absolute Gasteiger partial charge is 0.493 e. The minimum absolute atomic E-state index is 0.437. The Kier molecular flexibility index (Phi) is 8.26. The van der Waals surface area contributed by atoms with Crippen LogP contribution in [0, 0.1) is 11.3 Å². The Balaban J connectivity index is 2.68. The molecule has 0 N–H and O–H groups in total. The Morgan fingerprint density at radius 3 is 1.45 bits per heavy atom. The van der Waals surface area contributed by atoms with E-state index in [1.54, 1.807) is 42.7 Å². The van der Waals surface area contributed by atoms with Gasteiger partial charge in [-0.1, -0.05) is 13.3 Å². The van der Waals surface area contributed by atoms with E-state index in [-0.39, 0.29) is 0 Å². The monoisotopic (exact) mass is 429 g/mol. The van der Waals surface area contributed by atoms with Crippen LogP contribution >= 0.6 is 0 Å². The molecule has 2 aromatic carbocycles. The Morgan fingerprint density at radius 1 is 0.710 bits per heavy atom. The van der Waals surface area contributed by atoms with Gasteiger partial charge in [0.05, 0.1) is 54.1 Å². The first-order valence-corrected chi connectivity index (χ1v) is 9.98. The lowest BCUT2D eigenvalue weighted by Crippen LogP contribution is -2.27. The predicted octanol–water partition coefficient (Wildman–Crippen LogP) is 4.54. The average molecular weight is 430 g/mol. The van der Waals surface area contributed by atoms with Gasteiger partial charge < -0.3 is 28.4 Å². The van der Waals surface area contributed by atoms with Gasteiger partial charge in [0.1, 0.15) is 0 Å². The molecule has 0 amide bonds. The number of nitrogens with zero attached hydrogens (tertiary/aromatic N) is 1. The van der Waals surface area contributed by atoms with Crippen LogP contribution in [0.25, 0.3) is 0 Å². The molecule has 0 aliphatic heterocycles. The van der Waals surface area contributed by atoms with Crippen molar-refractivity contribution in [2.45, 2.75) is 31.6 Å². The minimum atomic E-state index is -0.827. The van der Waals surface area contributed by atoms with Crippen molar-refractivity contribution < 1.29 is 28.4 Å². The van der Waals surface area contributed by atoms with Crippen molar-refractivity contribution in [2.75, 3.05) is 42.7 Å². The van der Waals surface area contributed by atoms with Crippen molar-refractivity contribution >= 4 is 0 Å². The first-order valence-electron chi connectivity index (χ1n) is 9.98. The molecule has 0 radical (unpaired) electrons. The van der Waals surface area contributed by atoms with Crippen LogP contribution in [0.3, 0.4) is 0 Å². The number of benzene rings is 2. The lowest BCUT2D eigenvalue weighted by atomic mass is 9.73. The Labute approximate surface area is 184 Å². The van der Waals surface area contributed by atoms with E-state index < -0.39 is 5.41 Å². The van der Waals surface area contributed by atoms with E-state index in [2.05, 4.69) is 13.0 Å². The van der Waals surface area contributed by atoms with Crippen molar-refractivity contribution in [1.29, 1.82) is 5.26 Å². The van der Waals surface area contributed by atoms with Crippen LogP contribution in [-0.2, 0) is 11.8 Å². The normalized spacial score (nSPS) is 12.3. The highest BCUT2D eigenvalue weighted by Crippen LogP contribution is 2.45. The van der Waals surface area contributed by atoms with E-state index in [1.807, 2.05) is 24.3 Å². The Hall–Kier alpha value is -3.27. The van der Waals surface area contributed by atoms with Crippen molar-refractivity contribution in [3.05, 3.63) is 35.4 Å². The van der Waals surface area contributed by atoms with Crippen LogP contribution < -0.4 is 28.4 Å². The fourth-order valence-electron chi connectivity index (χ4n) is 3.86. The molecule has 0 aliphatic rings. The SMILES string of the molecule is CCCC(C#N)(Cc1cc(OC)c(OC)c(OC)c1)c1cc(OC)c(OC)c(OC)c1. The van der Waals surface area contributed by atoms with Gasteiger partial charge in [-0.3, -0.25) is 0 Å². The maximum atomic E-state index is 10.4. The van der Waals surface area contributed by atoms with Crippen molar-refractivity contribution in [2.24, 2.45) is 0 Å². The predicted molar refractivity (Wildman–Crippen MR) is 118 cm³/mol. The van der Waals surface area contributed by atoms with Gasteiger partial charge in [0.15, 0.2) is 23.0 Å². The summed E-state index contributed by atoms with van der Waals surface area (Å²) < 4.78 is 32.9. The van der Waals surface area contributed by atoms with Crippen LogP contribution in [0.5, 0.6) is 34.5 Å². The molecule has 168 valence electrons. The molecular weight excluding hydrogens is 398 g/mol. The quantitative estimate of drug-likeness (QED) is 0.519. The zero-order valence-electron chi connectivity index (χ0n) is 19.3. The van der Waals surface area contributed by atoms with Crippen molar-refractivity contribution in [3.63, 3.8) is 0 Å². The first kappa shape index (κ1) is 24.0. The third-order valence-electron chi connectivity index (χ3n) is 5.34. The molecule has 0 saturated heterocycles. The summed E-state index contributed by atoms with van der Waals surface area (Å²) in [6.45, 7) is 2.05. The molecule has 0 fully saturated rings. The van der Waals surface area contributed by atoms with Gasteiger partial charge in [0.25, 0.3) is 0 Å². The minimum Gasteiger partial charge on any atom is -0.493 e. The highest BCUT2D eigenvalue weighted by Gasteiger charge is 2.35. The summed E-state index contributed by atoms with van der Waals surface area (Å²) in [5.74, 6) is 3.12. The molecule has 0 saturated carbocycles. The second-order valence-corrected chi connectivity index (χ2v) is 7.07. The number of hydrogen-bond acceptors (Lipinski definition) is 7. The van der Waals surface area contributed by atoms with Crippen LogP contribution in [0.2, 0.25) is 0 Å². The van der Waals surface area contributed by atoms with E-state index in [0.29, 0.717) is 47.3 Å². The molecule has 1 atom stereocenters. The molecule has 1 unspecified atom stereocenters.